The van der Waals surface area contributed by atoms with Crippen LogP contribution in [-0.4, -0.2) is 39.3 Å². The minimum atomic E-state index is 0.0970. The molecule has 6 heteroatoms. The normalized spacial score (nSPS) is 19.9. The van der Waals surface area contributed by atoms with Gasteiger partial charge in [-0.3, -0.25) is 0 Å². The molecule has 1 unspecified atom stereocenters. The first kappa shape index (κ1) is 13.2. The first-order chi connectivity index (χ1) is 8.61. The molecule has 0 spiro atoms. The fourth-order valence-electron chi connectivity index (χ4n) is 2.26. The van der Waals surface area contributed by atoms with Crippen LogP contribution in [0.25, 0.3) is 0 Å². The lowest BCUT2D eigenvalue weighted by atomic mass is 10.0. The van der Waals surface area contributed by atoms with Crippen molar-refractivity contribution >= 4 is 23.2 Å². The zero-order chi connectivity index (χ0) is 13.1. The Labute approximate surface area is 112 Å². The molecule has 3 N–H and O–H groups in total. The number of thiocarbonyl (C=S) groups is 1. The topological polar surface area (TPSA) is 75.3 Å². The Kier molecular flexibility index (Phi) is 4.08. The molecule has 1 atom stereocenters. The summed E-state index contributed by atoms with van der Waals surface area (Å²) in [5.74, 6) is 0.622. The lowest BCUT2D eigenvalue weighted by Gasteiger charge is -2.34. The SMILES string of the molecule is Cc1cc(C(N)=S)nc(N2CCCCC2CO)n1. The summed E-state index contributed by atoms with van der Waals surface area (Å²) in [5, 5.41) is 9.42. The van der Waals surface area contributed by atoms with Crippen molar-refractivity contribution in [2.45, 2.75) is 32.2 Å². The van der Waals surface area contributed by atoms with Gasteiger partial charge in [0.15, 0.2) is 0 Å². The second-order valence-corrected chi connectivity index (χ2v) is 5.02. The number of hydrogen-bond acceptors (Lipinski definition) is 5. The maximum atomic E-state index is 9.42. The van der Waals surface area contributed by atoms with Gasteiger partial charge >= 0.3 is 0 Å². The van der Waals surface area contributed by atoms with Crippen LogP contribution in [-0.2, 0) is 0 Å². The second-order valence-electron chi connectivity index (χ2n) is 4.58. The predicted molar refractivity (Wildman–Crippen MR) is 74.7 cm³/mol. The molecule has 98 valence electrons. The van der Waals surface area contributed by atoms with Crippen molar-refractivity contribution in [1.29, 1.82) is 0 Å². The zero-order valence-corrected chi connectivity index (χ0v) is 11.3. The van der Waals surface area contributed by atoms with Crippen LogP contribution in [0.2, 0.25) is 0 Å². The molecule has 2 rings (SSSR count). The molecule has 0 bridgehead atoms. The Hall–Kier alpha value is -1.27. The third-order valence-corrected chi connectivity index (χ3v) is 3.40. The molecule has 1 aliphatic rings. The van der Waals surface area contributed by atoms with Gasteiger partial charge in [0.2, 0.25) is 5.95 Å². The third kappa shape index (κ3) is 2.76. The summed E-state index contributed by atoms with van der Waals surface area (Å²) in [6.45, 7) is 2.88. The minimum Gasteiger partial charge on any atom is -0.394 e. The van der Waals surface area contributed by atoms with Gasteiger partial charge in [-0.2, -0.15) is 0 Å². The Balaban J connectivity index is 2.33. The molecule has 0 amide bonds. The maximum Gasteiger partial charge on any atom is 0.226 e. The van der Waals surface area contributed by atoms with Crippen LogP contribution in [0.15, 0.2) is 6.07 Å². The fraction of sp³-hybridized carbons (Fsp3) is 0.583. The molecule has 1 aromatic heterocycles. The lowest BCUT2D eigenvalue weighted by molar-refractivity contribution is 0.238. The number of nitrogens with two attached hydrogens (primary N) is 1. The fourth-order valence-corrected chi connectivity index (χ4v) is 2.37. The summed E-state index contributed by atoms with van der Waals surface area (Å²) in [5.41, 5.74) is 7.05. The van der Waals surface area contributed by atoms with Crippen LogP contribution < -0.4 is 10.6 Å². The van der Waals surface area contributed by atoms with E-state index in [9.17, 15) is 5.11 Å². The van der Waals surface area contributed by atoms with Crippen LogP contribution in [0, 0.1) is 6.92 Å². The molecule has 0 aromatic carbocycles. The van der Waals surface area contributed by atoms with Crippen molar-refractivity contribution in [2.75, 3.05) is 18.1 Å². The molecule has 1 fully saturated rings. The zero-order valence-electron chi connectivity index (χ0n) is 10.5. The van der Waals surface area contributed by atoms with Gasteiger partial charge in [-0.1, -0.05) is 12.2 Å². The van der Waals surface area contributed by atoms with Crippen molar-refractivity contribution in [2.24, 2.45) is 5.73 Å². The van der Waals surface area contributed by atoms with E-state index in [1.807, 2.05) is 6.92 Å². The van der Waals surface area contributed by atoms with Crippen molar-refractivity contribution in [3.05, 3.63) is 17.5 Å². The molecule has 0 saturated carbocycles. The van der Waals surface area contributed by atoms with Gasteiger partial charge in [0.1, 0.15) is 10.7 Å². The van der Waals surface area contributed by atoms with Crippen molar-refractivity contribution < 1.29 is 5.11 Å². The Morgan fingerprint density at radius 3 is 3.00 bits per heavy atom. The number of nitrogens with zero attached hydrogens (tertiary/aromatic N) is 3. The number of aromatic nitrogens is 2. The van der Waals surface area contributed by atoms with E-state index in [0.29, 0.717) is 11.6 Å². The number of aliphatic hydroxyl groups is 1. The molecule has 1 aromatic rings. The highest BCUT2D eigenvalue weighted by Gasteiger charge is 2.24. The van der Waals surface area contributed by atoms with E-state index in [0.717, 1.165) is 31.5 Å². The Morgan fingerprint density at radius 1 is 1.56 bits per heavy atom. The summed E-state index contributed by atoms with van der Waals surface area (Å²) in [4.78, 5) is 11.2. The molecule has 0 radical (unpaired) electrons. The highest BCUT2D eigenvalue weighted by atomic mass is 32.1. The summed E-state index contributed by atoms with van der Waals surface area (Å²) in [6, 6.07) is 1.88. The van der Waals surface area contributed by atoms with Crippen LogP contribution in [0.1, 0.15) is 30.7 Å². The van der Waals surface area contributed by atoms with E-state index in [2.05, 4.69) is 14.9 Å². The van der Waals surface area contributed by atoms with Gasteiger partial charge in [-0.15, -0.1) is 0 Å². The number of piperidine rings is 1. The van der Waals surface area contributed by atoms with Gasteiger partial charge in [0.25, 0.3) is 0 Å². The van der Waals surface area contributed by atoms with E-state index >= 15 is 0 Å². The van der Waals surface area contributed by atoms with Crippen LogP contribution >= 0.6 is 12.2 Å². The van der Waals surface area contributed by atoms with Crippen LogP contribution in [0.5, 0.6) is 0 Å². The first-order valence-corrected chi connectivity index (χ1v) is 6.55. The van der Waals surface area contributed by atoms with Gasteiger partial charge in [-0.05, 0) is 32.3 Å². The number of aryl methyl sites for hydroxylation is 1. The molecule has 1 aliphatic heterocycles. The predicted octanol–water partition coefficient (Wildman–Crippen LogP) is 0.770. The number of aliphatic hydroxyl groups excluding tert-OH is 1. The minimum absolute atomic E-state index is 0.0970. The largest absolute Gasteiger partial charge is 0.394 e. The Morgan fingerprint density at radius 2 is 2.33 bits per heavy atom. The maximum absolute atomic E-state index is 9.42. The monoisotopic (exact) mass is 266 g/mol. The number of hydrogen-bond donors (Lipinski definition) is 2. The molecule has 1 saturated heterocycles. The first-order valence-electron chi connectivity index (χ1n) is 6.15. The Bertz CT molecular complexity index is 452. The molecule has 0 aliphatic carbocycles. The van der Waals surface area contributed by atoms with E-state index in [-0.39, 0.29) is 17.6 Å². The molecular weight excluding hydrogens is 248 g/mol. The van der Waals surface area contributed by atoms with Crippen LogP contribution in [0.4, 0.5) is 5.95 Å². The van der Waals surface area contributed by atoms with Crippen molar-refractivity contribution in [3.63, 3.8) is 0 Å². The average Bonchev–Trinajstić information content (AvgIpc) is 2.38. The van der Waals surface area contributed by atoms with E-state index in [1.54, 1.807) is 6.07 Å². The average molecular weight is 266 g/mol. The number of rotatable bonds is 3. The summed E-state index contributed by atoms with van der Waals surface area (Å²) >= 11 is 4.96. The highest BCUT2D eigenvalue weighted by molar-refractivity contribution is 7.80. The number of anilines is 1. The van der Waals surface area contributed by atoms with E-state index in [4.69, 9.17) is 18.0 Å². The van der Waals surface area contributed by atoms with Gasteiger partial charge in [0, 0.05) is 12.2 Å². The molecule has 2 heterocycles. The van der Waals surface area contributed by atoms with E-state index in [1.165, 1.54) is 0 Å². The molecular formula is C12H18N4OS. The summed E-state index contributed by atoms with van der Waals surface area (Å²) < 4.78 is 0. The van der Waals surface area contributed by atoms with Crippen LogP contribution in [0.3, 0.4) is 0 Å². The lowest BCUT2D eigenvalue weighted by Crippen LogP contribution is -2.43. The quantitative estimate of drug-likeness (QED) is 0.787. The van der Waals surface area contributed by atoms with Crippen molar-refractivity contribution in [3.8, 4) is 0 Å². The summed E-state index contributed by atoms with van der Waals surface area (Å²) in [6.07, 6.45) is 3.20. The van der Waals surface area contributed by atoms with Gasteiger partial charge in [0.05, 0.1) is 12.6 Å². The third-order valence-electron chi connectivity index (χ3n) is 3.19. The molecule has 5 nitrogen and oxygen atoms in total. The standard InChI is InChI=1S/C12H18N4OS/c1-8-6-10(11(13)18)15-12(14-8)16-5-3-2-4-9(16)7-17/h6,9,17H,2-5,7H2,1H3,(H2,13,18). The van der Waals surface area contributed by atoms with E-state index < -0.39 is 0 Å². The van der Waals surface area contributed by atoms with Gasteiger partial charge in [-0.25, -0.2) is 9.97 Å². The van der Waals surface area contributed by atoms with Crippen molar-refractivity contribution in [1.82, 2.24) is 9.97 Å². The second kappa shape index (κ2) is 5.58. The molecule has 18 heavy (non-hydrogen) atoms. The van der Waals surface area contributed by atoms with Gasteiger partial charge < -0.3 is 15.7 Å². The summed E-state index contributed by atoms with van der Waals surface area (Å²) in [7, 11) is 0. The highest BCUT2D eigenvalue weighted by Crippen LogP contribution is 2.22. The smallest absolute Gasteiger partial charge is 0.226 e.